The van der Waals surface area contributed by atoms with Crippen LogP contribution in [0.5, 0.6) is 5.75 Å². The van der Waals surface area contributed by atoms with Gasteiger partial charge in [0.05, 0.1) is 18.4 Å². The molecular weight excluding hydrogens is 322 g/mol. The van der Waals surface area contributed by atoms with Crippen LogP contribution < -0.4 is 10.1 Å². The van der Waals surface area contributed by atoms with E-state index in [4.69, 9.17) is 4.74 Å². The van der Waals surface area contributed by atoms with Gasteiger partial charge in [-0.1, -0.05) is 19.1 Å². The minimum Gasteiger partial charge on any atom is -0.490 e. The molecule has 7 heteroatoms. The molecule has 6 nitrogen and oxygen atoms in total. The van der Waals surface area contributed by atoms with Crippen LogP contribution in [0.15, 0.2) is 29.1 Å². The van der Waals surface area contributed by atoms with Crippen LogP contribution >= 0.6 is 15.9 Å². The molecule has 0 unspecified atom stereocenters. The second-order valence-electron chi connectivity index (χ2n) is 4.70. The highest BCUT2D eigenvalue weighted by molar-refractivity contribution is 9.10. The third-order valence-electron chi connectivity index (χ3n) is 2.55. The largest absolute Gasteiger partial charge is 0.490 e. The molecule has 0 bridgehead atoms. The van der Waals surface area contributed by atoms with Crippen molar-refractivity contribution in [3.63, 3.8) is 0 Å². The summed E-state index contributed by atoms with van der Waals surface area (Å²) in [5, 5.41) is 11.5. The summed E-state index contributed by atoms with van der Waals surface area (Å²) < 4.78 is 8.28. The van der Waals surface area contributed by atoms with Crippen LogP contribution in [0.2, 0.25) is 0 Å². The van der Waals surface area contributed by atoms with Gasteiger partial charge in [-0.2, -0.15) is 0 Å². The number of hydrogen-bond donors (Lipinski definition) is 1. The predicted octanol–water partition coefficient (Wildman–Crippen LogP) is 2.01. The molecule has 0 saturated heterocycles. The molecule has 0 aliphatic rings. The topological polar surface area (TPSA) is 64.9 Å². The number of ether oxygens (including phenoxy) is 1. The van der Waals surface area contributed by atoms with Crippen molar-refractivity contribution in [1.29, 1.82) is 0 Å². The first-order valence-electron chi connectivity index (χ1n) is 6.49. The Balaban J connectivity index is 1.77. The lowest BCUT2D eigenvalue weighted by atomic mass is 10.3. The molecule has 0 aromatic carbocycles. The van der Waals surface area contributed by atoms with E-state index in [1.165, 1.54) is 0 Å². The monoisotopic (exact) mass is 339 g/mol. The maximum Gasteiger partial charge on any atom is 0.138 e. The Labute approximate surface area is 126 Å². The fourth-order valence-corrected chi connectivity index (χ4v) is 1.91. The van der Waals surface area contributed by atoms with E-state index in [1.807, 2.05) is 12.3 Å². The van der Waals surface area contributed by atoms with Gasteiger partial charge in [-0.15, -0.1) is 5.10 Å². The molecule has 20 heavy (non-hydrogen) atoms. The highest BCUT2D eigenvalue weighted by Gasteiger charge is 2.02. The summed E-state index contributed by atoms with van der Waals surface area (Å²) in [6, 6.07) is 2.32. The molecule has 0 aliphatic carbocycles. The van der Waals surface area contributed by atoms with E-state index >= 15 is 0 Å². The average molecular weight is 340 g/mol. The number of aromatic nitrogens is 4. The van der Waals surface area contributed by atoms with Gasteiger partial charge in [-0.05, 0) is 22.0 Å². The molecule has 0 atom stereocenters. The molecule has 1 N–H and O–H groups in total. The Morgan fingerprint density at radius 3 is 3.00 bits per heavy atom. The van der Waals surface area contributed by atoms with Gasteiger partial charge in [-0.25, -0.2) is 4.68 Å². The van der Waals surface area contributed by atoms with Crippen molar-refractivity contribution in [1.82, 2.24) is 25.3 Å². The zero-order chi connectivity index (χ0) is 14.4. The fraction of sp³-hybridized carbons (Fsp3) is 0.462. The van der Waals surface area contributed by atoms with Crippen molar-refractivity contribution in [3.05, 3.63) is 34.8 Å². The number of nitrogens with zero attached hydrogens (tertiary/aromatic N) is 4. The van der Waals surface area contributed by atoms with Crippen LogP contribution in [0.4, 0.5) is 0 Å². The normalized spacial score (nSPS) is 11.0. The Kier molecular flexibility index (Phi) is 5.49. The molecule has 0 spiro atoms. The molecule has 0 fully saturated rings. The van der Waals surface area contributed by atoms with Crippen molar-refractivity contribution >= 4 is 15.9 Å². The van der Waals surface area contributed by atoms with Gasteiger partial charge in [0, 0.05) is 29.5 Å². The Bertz CT molecular complexity index is 543. The standard InChI is InChI=1S/C13H18BrN5O/c1-10(2)16-7-12-9-19(18-17-12)3-4-20-13-5-11(14)6-15-8-13/h5-6,8-10,16H,3-4,7H2,1-2H3. The third-order valence-corrected chi connectivity index (χ3v) is 2.98. The van der Waals surface area contributed by atoms with Crippen molar-refractivity contribution < 1.29 is 4.74 Å². The number of nitrogens with one attached hydrogen (secondary N) is 1. The zero-order valence-electron chi connectivity index (χ0n) is 11.6. The van der Waals surface area contributed by atoms with Crippen molar-refractivity contribution in [2.24, 2.45) is 0 Å². The molecule has 2 aromatic rings. The lowest BCUT2D eigenvalue weighted by molar-refractivity contribution is 0.288. The summed E-state index contributed by atoms with van der Waals surface area (Å²) in [6.07, 6.45) is 5.33. The van der Waals surface area contributed by atoms with Gasteiger partial charge in [0.1, 0.15) is 12.4 Å². The molecule has 0 aliphatic heterocycles. The third kappa shape index (κ3) is 4.90. The van der Waals surface area contributed by atoms with E-state index in [2.05, 4.69) is 50.4 Å². The summed E-state index contributed by atoms with van der Waals surface area (Å²) in [7, 11) is 0. The van der Waals surface area contributed by atoms with E-state index in [9.17, 15) is 0 Å². The quantitative estimate of drug-likeness (QED) is 0.835. The first-order valence-corrected chi connectivity index (χ1v) is 7.28. The minimum absolute atomic E-state index is 0.438. The number of rotatable bonds is 7. The van der Waals surface area contributed by atoms with Gasteiger partial charge < -0.3 is 10.1 Å². The summed E-state index contributed by atoms with van der Waals surface area (Å²) in [4.78, 5) is 4.04. The molecular formula is C13H18BrN5O. The van der Waals surface area contributed by atoms with Crippen LogP contribution in [0.3, 0.4) is 0 Å². The molecule has 0 saturated carbocycles. The van der Waals surface area contributed by atoms with E-state index in [-0.39, 0.29) is 0 Å². The number of pyridine rings is 1. The maximum absolute atomic E-state index is 5.60. The fourth-order valence-electron chi connectivity index (χ4n) is 1.57. The van der Waals surface area contributed by atoms with Gasteiger partial charge in [0.25, 0.3) is 0 Å². The summed E-state index contributed by atoms with van der Waals surface area (Å²) >= 11 is 3.35. The number of halogens is 1. The molecule has 108 valence electrons. The van der Waals surface area contributed by atoms with E-state index in [0.29, 0.717) is 19.2 Å². The maximum atomic E-state index is 5.60. The highest BCUT2D eigenvalue weighted by atomic mass is 79.9. The summed E-state index contributed by atoms with van der Waals surface area (Å²) in [5.41, 5.74) is 0.933. The van der Waals surface area contributed by atoms with E-state index in [0.717, 1.165) is 22.5 Å². The summed E-state index contributed by atoms with van der Waals surface area (Å²) in [5.74, 6) is 0.737. The SMILES string of the molecule is CC(C)NCc1cn(CCOc2cncc(Br)c2)nn1. The van der Waals surface area contributed by atoms with Crippen LogP contribution in [-0.2, 0) is 13.1 Å². The lowest BCUT2D eigenvalue weighted by Gasteiger charge is -2.05. The molecule has 2 rings (SSSR count). The van der Waals surface area contributed by atoms with Gasteiger partial charge in [-0.3, -0.25) is 4.98 Å². The van der Waals surface area contributed by atoms with Crippen molar-refractivity contribution in [2.75, 3.05) is 6.61 Å². The van der Waals surface area contributed by atoms with Crippen LogP contribution in [0.25, 0.3) is 0 Å². The second kappa shape index (κ2) is 7.35. The van der Waals surface area contributed by atoms with Gasteiger partial charge >= 0.3 is 0 Å². The first-order chi connectivity index (χ1) is 9.63. The van der Waals surface area contributed by atoms with Crippen LogP contribution in [0.1, 0.15) is 19.5 Å². The number of hydrogen-bond acceptors (Lipinski definition) is 5. The van der Waals surface area contributed by atoms with Gasteiger partial charge in [0.2, 0.25) is 0 Å². The molecule has 0 amide bonds. The lowest BCUT2D eigenvalue weighted by Crippen LogP contribution is -2.21. The Hall–Kier alpha value is -1.47. The average Bonchev–Trinajstić information content (AvgIpc) is 2.84. The highest BCUT2D eigenvalue weighted by Crippen LogP contribution is 2.15. The van der Waals surface area contributed by atoms with Crippen molar-refractivity contribution in [3.8, 4) is 5.75 Å². The van der Waals surface area contributed by atoms with Crippen LogP contribution in [0, 0.1) is 0 Å². The minimum atomic E-state index is 0.438. The van der Waals surface area contributed by atoms with Crippen molar-refractivity contribution in [2.45, 2.75) is 33.0 Å². The smallest absolute Gasteiger partial charge is 0.138 e. The van der Waals surface area contributed by atoms with Crippen LogP contribution in [-0.4, -0.2) is 32.6 Å². The van der Waals surface area contributed by atoms with E-state index in [1.54, 1.807) is 17.1 Å². The molecule has 0 radical (unpaired) electrons. The first kappa shape index (κ1) is 14.9. The Morgan fingerprint density at radius 2 is 2.25 bits per heavy atom. The van der Waals surface area contributed by atoms with Gasteiger partial charge in [0.15, 0.2) is 0 Å². The zero-order valence-corrected chi connectivity index (χ0v) is 13.2. The van der Waals surface area contributed by atoms with E-state index < -0.39 is 0 Å². The Morgan fingerprint density at radius 1 is 1.40 bits per heavy atom. The predicted molar refractivity (Wildman–Crippen MR) is 79.4 cm³/mol. The molecule has 2 heterocycles. The summed E-state index contributed by atoms with van der Waals surface area (Å²) in [6.45, 7) is 6.11. The second-order valence-corrected chi connectivity index (χ2v) is 5.61. The molecule has 2 aromatic heterocycles.